The van der Waals surface area contributed by atoms with Crippen molar-refractivity contribution in [3.63, 3.8) is 0 Å². The van der Waals surface area contributed by atoms with Crippen LogP contribution < -0.4 is 11.3 Å². The smallest absolute Gasteiger partial charge is 0.254 e. The molecule has 2 fully saturated rings. The molecule has 3 heterocycles. The fraction of sp³-hybridized carbons (Fsp3) is 0.571. The molecule has 2 atom stereocenters. The van der Waals surface area contributed by atoms with Crippen molar-refractivity contribution in [2.24, 2.45) is 5.84 Å². The van der Waals surface area contributed by atoms with Crippen molar-refractivity contribution in [2.45, 2.75) is 31.8 Å². The van der Waals surface area contributed by atoms with Crippen LogP contribution in [0.3, 0.4) is 0 Å². The molecular formula is C14H20ClN5O. The van der Waals surface area contributed by atoms with Gasteiger partial charge < -0.3 is 10.3 Å². The van der Waals surface area contributed by atoms with E-state index in [9.17, 15) is 4.79 Å². The zero-order valence-electron chi connectivity index (χ0n) is 12.1. The van der Waals surface area contributed by atoms with Gasteiger partial charge in [0.05, 0.1) is 0 Å². The number of anilines is 1. The Morgan fingerprint density at radius 2 is 2.29 bits per heavy atom. The fourth-order valence-corrected chi connectivity index (χ4v) is 3.54. The van der Waals surface area contributed by atoms with Crippen molar-refractivity contribution < 1.29 is 4.79 Å². The second kappa shape index (κ2) is 5.79. The summed E-state index contributed by atoms with van der Waals surface area (Å²) in [5.74, 6) is 5.76. The van der Waals surface area contributed by atoms with Crippen LogP contribution in [0.5, 0.6) is 0 Å². The summed E-state index contributed by atoms with van der Waals surface area (Å²) < 4.78 is 0. The molecule has 0 aliphatic carbocycles. The molecule has 2 aliphatic heterocycles. The molecule has 114 valence electrons. The molecule has 0 saturated carbocycles. The molecule has 1 aromatic heterocycles. The Kier molecular flexibility index (Phi) is 4.01. The van der Waals surface area contributed by atoms with Crippen LogP contribution in [0.1, 0.15) is 30.1 Å². The normalized spacial score (nSPS) is 25.8. The number of nitrogens with two attached hydrogens (primary N) is 1. The molecule has 1 aromatic rings. The van der Waals surface area contributed by atoms with Gasteiger partial charge in [-0.15, -0.1) is 0 Å². The van der Waals surface area contributed by atoms with E-state index >= 15 is 0 Å². The molecular weight excluding hydrogens is 290 g/mol. The minimum Gasteiger partial charge on any atom is -0.333 e. The number of fused-ring (bicyclic) bond motifs is 1. The predicted octanol–water partition coefficient (Wildman–Crippen LogP) is 1.33. The maximum Gasteiger partial charge on any atom is 0.254 e. The van der Waals surface area contributed by atoms with E-state index in [0.29, 0.717) is 17.4 Å². The molecule has 3 rings (SSSR count). The standard InChI is InChI=1S/C14H20ClN5O/c1-9-7-19-4-2-3-11(19)8-20(9)14(21)10-5-12(15)17-13(6-10)18-16/h5-6,9,11H,2-4,7-8,16H2,1H3,(H,17,18). The van der Waals surface area contributed by atoms with Gasteiger partial charge in [-0.2, -0.15) is 0 Å². The molecule has 6 nitrogen and oxygen atoms in total. The van der Waals surface area contributed by atoms with Gasteiger partial charge in [-0.25, -0.2) is 10.8 Å². The van der Waals surface area contributed by atoms with Crippen LogP contribution in [0, 0.1) is 0 Å². The lowest BCUT2D eigenvalue weighted by Gasteiger charge is -2.42. The maximum atomic E-state index is 12.8. The second-order valence-corrected chi connectivity index (χ2v) is 6.19. The summed E-state index contributed by atoms with van der Waals surface area (Å²) in [5, 5.41) is 0.265. The first-order valence-corrected chi connectivity index (χ1v) is 7.65. The third-order valence-corrected chi connectivity index (χ3v) is 4.58. The van der Waals surface area contributed by atoms with E-state index in [2.05, 4.69) is 22.2 Å². The molecule has 2 unspecified atom stereocenters. The number of hydrogen-bond donors (Lipinski definition) is 2. The molecule has 3 N–H and O–H groups in total. The Labute approximate surface area is 129 Å². The number of hydrogen-bond acceptors (Lipinski definition) is 5. The summed E-state index contributed by atoms with van der Waals surface area (Å²) in [4.78, 5) is 21.2. The number of nitrogens with zero attached hydrogens (tertiary/aromatic N) is 3. The van der Waals surface area contributed by atoms with Crippen LogP contribution in [0.25, 0.3) is 0 Å². The highest BCUT2D eigenvalue weighted by molar-refractivity contribution is 6.29. The van der Waals surface area contributed by atoms with Gasteiger partial charge in [0.15, 0.2) is 0 Å². The Morgan fingerprint density at radius 1 is 1.48 bits per heavy atom. The average Bonchev–Trinajstić information content (AvgIpc) is 2.92. The largest absolute Gasteiger partial charge is 0.333 e. The van der Waals surface area contributed by atoms with Gasteiger partial charge in [-0.3, -0.25) is 9.69 Å². The van der Waals surface area contributed by atoms with Gasteiger partial charge in [-0.1, -0.05) is 11.6 Å². The average molecular weight is 310 g/mol. The van der Waals surface area contributed by atoms with E-state index in [1.807, 2.05) is 4.90 Å². The van der Waals surface area contributed by atoms with Crippen molar-refractivity contribution in [3.05, 3.63) is 22.8 Å². The second-order valence-electron chi connectivity index (χ2n) is 5.81. The van der Waals surface area contributed by atoms with E-state index < -0.39 is 0 Å². The highest BCUT2D eigenvalue weighted by Gasteiger charge is 2.36. The Bertz CT molecular complexity index is 552. The third kappa shape index (κ3) is 2.84. The van der Waals surface area contributed by atoms with E-state index in [1.54, 1.807) is 12.1 Å². The monoisotopic (exact) mass is 309 g/mol. The summed E-state index contributed by atoms with van der Waals surface area (Å²) in [7, 11) is 0. The zero-order valence-corrected chi connectivity index (χ0v) is 12.8. The van der Waals surface area contributed by atoms with Gasteiger partial charge in [0, 0.05) is 30.7 Å². The number of carbonyl (C=O) groups is 1. The summed E-state index contributed by atoms with van der Waals surface area (Å²) in [5.41, 5.74) is 2.97. The summed E-state index contributed by atoms with van der Waals surface area (Å²) in [6, 6.07) is 3.93. The highest BCUT2D eigenvalue weighted by atomic mass is 35.5. The maximum absolute atomic E-state index is 12.8. The molecule has 1 amide bonds. The van der Waals surface area contributed by atoms with Gasteiger partial charge in [0.25, 0.3) is 5.91 Å². The van der Waals surface area contributed by atoms with E-state index in [4.69, 9.17) is 17.4 Å². The quantitative estimate of drug-likeness (QED) is 0.490. The van der Waals surface area contributed by atoms with Crippen LogP contribution in [0.2, 0.25) is 5.15 Å². The molecule has 0 radical (unpaired) electrons. The SMILES string of the molecule is CC1CN2CCCC2CN1C(=O)c1cc(Cl)nc(NN)c1. The van der Waals surface area contributed by atoms with Crippen LogP contribution in [0.15, 0.2) is 12.1 Å². The summed E-state index contributed by atoms with van der Waals surface area (Å²) in [6.45, 7) is 4.97. The van der Waals surface area contributed by atoms with Crippen molar-refractivity contribution in [3.8, 4) is 0 Å². The fourth-order valence-electron chi connectivity index (χ4n) is 3.33. The summed E-state index contributed by atoms with van der Waals surface area (Å²) >= 11 is 5.95. The number of nitrogen functional groups attached to an aromatic ring is 1. The minimum atomic E-state index is -0.00477. The lowest BCUT2D eigenvalue weighted by molar-refractivity contribution is 0.0395. The van der Waals surface area contributed by atoms with Crippen LogP contribution in [-0.2, 0) is 0 Å². The van der Waals surface area contributed by atoms with Gasteiger partial charge in [-0.05, 0) is 38.4 Å². The van der Waals surface area contributed by atoms with Gasteiger partial charge in [0.1, 0.15) is 11.0 Å². The molecule has 0 aromatic carbocycles. The molecule has 2 saturated heterocycles. The molecule has 0 spiro atoms. The Balaban J connectivity index is 1.82. The lowest BCUT2D eigenvalue weighted by atomic mass is 10.1. The number of carbonyl (C=O) groups excluding carboxylic acids is 1. The highest BCUT2D eigenvalue weighted by Crippen LogP contribution is 2.26. The van der Waals surface area contributed by atoms with E-state index in [-0.39, 0.29) is 17.1 Å². The molecule has 0 bridgehead atoms. The third-order valence-electron chi connectivity index (χ3n) is 4.39. The Morgan fingerprint density at radius 3 is 3.05 bits per heavy atom. The number of amides is 1. The number of pyridine rings is 1. The van der Waals surface area contributed by atoms with Crippen LogP contribution in [0.4, 0.5) is 5.82 Å². The van der Waals surface area contributed by atoms with Crippen molar-refractivity contribution in [1.82, 2.24) is 14.8 Å². The van der Waals surface area contributed by atoms with Crippen LogP contribution in [-0.4, -0.2) is 52.4 Å². The van der Waals surface area contributed by atoms with Crippen LogP contribution >= 0.6 is 11.6 Å². The summed E-state index contributed by atoms with van der Waals surface area (Å²) in [6.07, 6.45) is 2.39. The lowest BCUT2D eigenvalue weighted by Crippen LogP contribution is -2.56. The number of halogens is 1. The number of rotatable bonds is 2. The molecule has 21 heavy (non-hydrogen) atoms. The Hall–Kier alpha value is -1.37. The van der Waals surface area contributed by atoms with E-state index in [1.165, 1.54) is 12.8 Å². The van der Waals surface area contributed by atoms with Gasteiger partial charge in [0.2, 0.25) is 0 Å². The van der Waals surface area contributed by atoms with E-state index in [0.717, 1.165) is 19.6 Å². The number of aromatic nitrogens is 1. The minimum absolute atomic E-state index is 0.00477. The molecule has 2 aliphatic rings. The van der Waals surface area contributed by atoms with Crippen molar-refractivity contribution in [1.29, 1.82) is 0 Å². The predicted molar refractivity (Wildman–Crippen MR) is 82.2 cm³/mol. The topological polar surface area (TPSA) is 74.5 Å². The first kappa shape index (κ1) is 14.6. The number of piperazine rings is 1. The van der Waals surface area contributed by atoms with Crippen molar-refractivity contribution in [2.75, 3.05) is 25.1 Å². The van der Waals surface area contributed by atoms with Gasteiger partial charge >= 0.3 is 0 Å². The first-order valence-electron chi connectivity index (χ1n) is 7.27. The number of nitrogens with one attached hydrogen (secondary N) is 1. The van der Waals surface area contributed by atoms with Crippen molar-refractivity contribution >= 4 is 23.3 Å². The first-order chi connectivity index (χ1) is 10.1. The molecule has 7 heteroatoms. The zero-order chi connectivity index (χ0) is 15.0. The number of hydrazine groups is 1.